The Hall–Kier alpha value is -1.30. The lowest BCUT2D eigenvalue weighted by Crippen LogP contribution is -2.59. The number of likely N-dealkylation sites (tertiary alicyclic amines) is 1. The Labute approximate surface area is 157 Å². The number of piperidine rings is 1. The summed E-state index contributed by atoms with van der Waals surface area (Å²) < 4.78 is 16.4. The van der Waals surface area contributed by atoms with Crippen LogP contribution in [0, 0.1) is 11.8 Å². The van der Waals surface area contributed by atoms with Crippen molar-refractivity contribution in [3.05, 3.63) is 23.8 Å². The molecule has 0 aromatic heterocycles. The van der Waals surface area contributed by atoms with Crippen LogP contribution in [0.1, 0.15) is 24.8 Å². The highest BCUT2D eigenvalue weighted by Crippen LogP contribution is 2.39. The first-order valence-corrected chi connectivity index (χ1v) is 10.0. The van der Waals surface area contributed by atoms with Crippen molar-refractivity contribution in [1.82, 2.24) is 9.80 Å². The first-order chi connectivity index (χ1) is 12.8. The van der Waals surface area contributed by atoms with Gasteiger partial charge in [-0.05, 0) is 42.4 Å². The number of benzene rings is 1. The fourth-order valence-corrected chi connectivity index (χ4v) is 5.34. The molecule has 5 nitrogen and oxygen atoms in total. The molecule has 0 amide bonds. The van der Waals surface area contributed by atoms with E-state index in [1.54, 1.807) is 14.2 Å². The molecule has 2 atom stereocenters. The standard InChI is InChI=1S/C21H32N2O3/c1-24-19-7-6-16(12-20(19)25-2)13-22-14-17-4-3-5-18(15-22)21(17)23-8-10-26-11-9-23/h6-7,12,17-18,21H,3-5,8-11,13-15H2,1-2H3/t17-,18-/m0/s1. The molecular formula is C21H32N2O3. The van der Waals surface area contributed by atoms with E-state index in [1.165, 1.54) is 37.9 Å². The van der Waals surface area contributed by atoms with Gasteiger partial charge in [0.25, 0.3) is 0 Å². The minimum absolute atomic E-state index is 0.773. The lowest BCUT2D eigenvalue weighted by molar-refractivity contribution is -0.0623. The third-order valence-electron chi connectivity index (χ3n) is 6.42. The van der Waals surface area contributed by atoms with Crippen LogP contribution in [0.3, 0.4) is 0 Å². The van der Waals surface area contributed by atoms with Gasteiger partial charge in [-0.1, -0.05) is 12.5 Å². The van der Waals surface area contributed by atoms with Crippen molar-refractivity contribution >= 4 is 0 Å². The summed E-state index contributed by atoms with van der Waals surface area (Å²) in [4.78, 5) is 5.39. The highest BCUT2D eigenvalue weighted by atomic mass is 16.5. The minimum Gasteiger partial charge on any atom is -0.493 e. The molecule has 0 radical (unpaired) electrons. The van der Waals surface area contributed by atoms with Crippen molar-refractivity contribution in [3.63, 3.8) is 0 Å². The first-order valence-electron chi connectivity index (χ1n) is 10.0. The van der Waals surface area contributed by atoms with Crippen LogP contribution in [-0.4, -0.2) is 69.5 Å². The quantitative estimate of drug-likeness (QED) is 0.806. The van der Waals surface area contributed by atoms with Crippen LogP contribution in [0.25, 0.3) is 0 Å². The van der Waals surface area contributed by atoms with Gasteiger partial charge < -0.3 is 14.2 Å². The van der Waals surface area contributed by atoms with Gasteiger partial charge in [0.2, 0.25) is 0 Å². The summed E-state index contributed by atoms with van der Waals surface area (Å²) in [5.41, 5.74) is 1.31. The zero-order chi connectivity index (χ0) is 17.9. The number of fused-ring (bicyclic) bond motifs is 2. The van der Waals surface area contributed by atoms with E-state index in [9.17, 15) is 0 Å². The number of nitrogens with zero attached hydrogens (tertiary/aromatic N) is 2. The first kappa shape index (κ1) is 18.1. The normalized spacial score (nSPS) is 30.2. The van der Waals surface area contributed by atoms with Crippen LogP contribution >= 0.6 is 0 Å². The molecule has 1 aliphatic carbocycles. The Morgan fingerprint density at radius 3 is 2.35 bits per heavy atom. The monoisotopic (exact) mass is 360 g/mol. The van der Waals surface area contributed by atoms with Gasteiger partial charge in [-0.15, -0.1) is 0 Å². The topological polar surface area (TPSA) is 34.2 Å². The van der Waals surface area contributed by atoms with Crippen molar-refractivity contribution < 1.29 is 14.2 Å². The Bertz CT molecular complexity index is 589. The van der Waals surface area contributed by atoms with E-state index < -0.39 is 0 Å². The average Bonchev–Trinajstić information content (AvgIpc) is 2.68. The van der Waals surface area contributed by atoms with E-state index in [0.717, 1.165) is 62.2 Å². The van der Waals surface area contributed by atoms with Gasteiger partial charge in [0.05, 0.1) is 27.4 Å². The summed E-state index contributed by atoms with van der Waals surface area (Å²) in [7, 11) is 3.40. The Kier molecular flexibility index (Phi) is 5.67. The molecule has 144 valence electrons. The summed E-state index contributed by atoms with van der Waals surface area (Å²) in [5, 5.41) is 0. The third kappa shape index (κ3) is 3.71. The Morgan fingerprint density at radius 1 is 1.00 bits per heavy atom. The second kappa shape index (κ2) is 8.15. The molecule has 2 aliphatic heterocycles. The lowest BCUT2D eigenvalue weighted by atomic mass is 9.72. The summed E-state index contributed by atoms with van der Waals surface area (Å²) in [6.45, 7) is 7.49. The fourth-order valence-electron chi connectivity index (χ4n) is 5.34. The SMILES string of the molecule is COc1ccc(CN2C[C@@H]3CCC[C@@H](C2)C3N2CCOCC2)cc1OC. The van der Waals surface area contributed by atoms with Gasteiger partial charge in [0.1, 0.15) is 0 Å². The molecule has 5 heteroatoms. The number of methoxy groups -OCH3 is 2. The van der Waals surface area contributed by atoms with Gasteiger partial charge in [0, 0.05) is 38.8 Å². The predicted molar refractivity (Wildman–Crippen MR) is 102 cm³/mol. The van der Waals surface area contributed by atoms with Crippen molar-refractivity contribution in [1.29, 1.82) is 0 Å². The maximum atomic E-state index is 5.58. The summed E-state index contributed by atoms with van der Waals surface area (Å²) >= 11 is 0. The van der Waals surface area contributed by atoms with E-state index in [1.807, 2.05) is 6.07 Å². The average molecular weight is 360 g/mol. The van der Waals surface area contributed by atoms with Crippen LogP contribution in [0.15, 0.2) is 18.2 Å². The second-order valence-corrected chi connectivity index (χ2v) is 7.97. The summed E-state index contributed by atoms with van der Waals surface area (Å²) in [6, 6.07) is 7.10. The van der Waals surface area contributed by atoms with Gasteiger partial charge in [0.15, 0.2) is 11.5 Å². The maximum Gasteiger partial charge on any atom is 0.161 e. The molecule has 1 aromatic rings. The van der Waals surface area contributed by atoms with Gasteiger partial charge in [-0.3, -0.25) is 9.80 Å². The molecule has 3 fully saturated rings. The molecule has 0 spiro atoms. The van der Waals surface area contributed by atoms with Crippen LogP contribution in [0.5, 0.6) is 11.5 Å². The zero-order valence-electron chi connectivity index (χ0n) is 16.2. The molecule has 0 unspecified atom stereocenters. The number of rotatable bonds is 5. The fraction of sp³-hybridized carbons (Fsp3) is 0.714. The second-order valence-electron chi connectivity index (χ2n) is 7.97. The Balaban J connectivity index is 1.44. The smallest absolute Gasteiger partial charge is 0.161 e. The van der Waals surface area contributed by atoms with Crippen molar-refractivity contribution in [2.45, 2.75) is 31.8 Å². The van der Waals surface area contributed by atoms with E-state index in [0.29, 0.717) is 0 Å². The molecule has 0 N–H and O–H groups in total. The van der Waals surface area contributed by atoms with Crippen molar-refractivity contribution in [2.75, 3.05) is 53.6 Å². The highest BCUT2D eigenvalue weighted by molar-refractivity contribution is 5.42. The predicted octanol–water partition coefficient (Wildman–Crippen LogP) is 2.64. The minimum atomic E-state index is 0.773. The third-order valence-corrected chi connectivity index (χ3v) is 6.42. The van der Waals surface area contributed by atoms with E-state index in [-0.39, 0.29) is 0 Å². The molecule has 3 aliphatic rings. The van der Waals surface area contributed by atoms with Crippen molar-refractivity contribution in [2.24, 2.45) is 11.8 Å². The van der Waals surface area contributed by atoms with E-state index in [4.69, 9.17) is 14.2 Å². The van der Waals surface area contributed by atoms with Gasteiger partial charge in [-0.2, -0.15) is 0 Å². The number of ether oxygens (including phenoxy) is 3. The van der Waals surface area contributed by atoms with Crippen LogP contribution in [0.2, 0.25) is 0 Å². The van der Waals surface area contributed by atoms with Gasteiger partial charge in [-0.25, -0.2) is 0 Å². The summed E-state index contributed by atoms with van der Waals surface area (Å²) in [5.74, 6) is 3.24. The molecule has 1 saturated carbocycles. The number of hydrogen-bond acceptors (Lipinski definition) is 5. The number of hydrogen-bond donors (Lipinski definition) is 0. The van der Waals surface area contributed by atoms with Gasteiger partial charge >= 0.3 is 0 Å². The molecule has 2 heterocycles. The lowest BCUT2D eigenvalue weighted by Gasteiger charge is -2.52. The molecular weight excluding hydrogens is 328 g/mol. The Morgan fingerprint density at radius 2 is 1.69 bits per heavy atom. The van der Waals surface area contributed by atoms with E-state index >= 15 is 0 Å². The highest BCUT2D eigenvalue weighted by Gasteiger charge is 2.42. The molecule has 2 saturated heterocycles. The van der Waals surface area contributed by atoms with E-state index in [2.05, 4.69) is 21.9 Å². The van der Waals surface area contributed by atoms with Crippen LogP contribution < -0.4 is 9.47 Å². The molecule has 26 heavy (non-hydrogen) atoms. The largest absolute Gasteiger partial charge is 0.493 e. The van der Waals surface area contributed by atoms with Crippen molar-refractivity contribution in [3.8, 4) is 11.5 Å². The molecule has 2 bridgehead atoms. The van der Waals surface area contributed by atoms with Crippen LogP contribution in [0.4, 0.5) is 0 Å². The summed E-state index contributed by atoms with van der Waals surface area (Å²) in [6.07, 6.45) is 4.16. The maximum absolute atomic E-state index is 5.58. The molecule has 4 rings (SSSR count). The zero-order valence-corrected chi connectivity index (χ0v) is 16.2. The number of morpholine rings is 1. The molecule has 1 aromatic carbocycles. The van der Waals surface area contributed by atoms with Crippen LogP contribution in [-0.2, 0) is 11.3 Å².